The first-order valence-electron chi connectivity index (χ1n) is 12.8. The molecule has 4 aromatic rings. The van der Waals surface area contributed by atoms with Crippen molar-refractivity contribution in [1.29, 1.82) is 0 Å². The van der Waals surface area contributed by atoms with Gasteiger partial charge in [0.2, 0.25) is 0 Å². The van der Waals surface area contributed by atoms with Crippen LogP contribution in [0.25, 0.3) is 21.9 Å². The Morgan fingerprint density at radius 3 is 2.27 bits per heavy atom. The lowest BCUT2D eigenvalue weighted by molar-refractivity contribution is -0.139. The third kappa shape index (κ3) is 5.91. The summed E-state index contributed by atoms with van der Waals surface area (Å²) in [5.41, 5.74) is 4.46. The average Bonchev–Trinajstić information content (AvgIpc) is 2.91. The molecule has 1 amide bonds. The minimum absolute atomic E-state index is 0.0836. The number of hydrogen-bond acceptors (Lipinski definition) is 5. The molecule has 0 saturated carbocycles. The van der Waals surface area contributed by atoms with Crippen LogP contribution in [0.1, 0.15) is 27.0 Å². The minimum atomic E-state index is -1.16. The third-order valence-corrected chi connectivity index (χ3v) is 7.18. The zero-order valence-corrected chi connectivity index (χ0v) is 24.0. The number of rotatable bonds is 10. The van der Waals surface area contributed by atoms with Gasteiger partial charge in [-0.25, -0.2) is 4.79 Å². The lowest BCUT2D eigenvalue weighted by atomic mass is 9.91. The molecule has 0 heterocycles. The topological polar surface area (TPSA) is 88.1 Å². The number of hydrogen-bond donors (Lipinski definition) is 2. The van der Waals surface area contributed by atoms with Crippen molar-refractivity contribution in [1.82, 2.24) is 10.2 Å². The van der Waals surface area contributed by atoms with E-state index < -0.39 is 17.9 Å². The Morgan fingerprint density at radius 2 is 1.62 bits per heavy atom. The van der Waals surface area contributed by atoms with Gasteiger partial charge in [-0.3, -0.25) is 4.79 Å². The van der Waals surface area contributed by atoms with Crippen molar-refractivity contribution in [2.45, 2.75) is 25.9 Å². The summed E-state index contributed by atoms with van der Waals surface area (Å²) in [6.07, 6.45) is 0.0836. The van der Waals surface area contributed by atoms with E-state index in [1.54, 1.807) is 39.3 Å². The summed E-state index contributed by atoms with van der Waals surface area (Å²) in [5, 5.41) is 14.8. The van der Waals surface area contributed by atoms with E-state index in [1.165, 1.54) is 0 Å². The number of carboxylic acids is 1. The zero-order chi connectivity index (χ0) is 29.0. The highest BCUT2D eigenvalue weighted by Crippen LogP contribution is 2.44. The molecule has 8 heteroatoms. The molecular weight excluding hydrogens is 528 g/mol. The number of carbonyl (C=O) groups excluding carboxylic acids is 1. The number of nitrogens with zero attached hydrogens (tertiary/aromatic N) is 1. The molecule has 0 aliphatic rings. The summed E-state index contributed by atoms with van der Waals surface area (Å²) in [6.45, 7) is 2.44. The SMILES string of the molecule is COc1ccc(CN(C)C)c(OC)c1-c1cccc2c(C[C@H](NC(=O)c3c(C)cccc3Cl)C(=O)O)cccc12. The van der Waals surface area contributed by atoms with Crippen LogP contribution in [0.2, 0.25) is 5.02 Å². The van der Waals surface area contributed by atoms with Crippen LogP contribution >= 0.6 is 11.6 Å². The van der Waals surface area contributed by atoms with E-state index in [1.807, 2.05) is 62.6 Å². The number of carbonyl (C=O) groups is 2. The molecule has 4 aromatic carbocycles. The van der Waals surface area contributed by atoms with Gasteiger partial charge >= 0.3 is 5.97 Å². The third-order valence-electron chi connectivity index (χ3n) is 6.87. The molecule has 40 heavy (non-hydrogen) atoms. The molecule has 0 saturated heterocycles. The standard InChI is InChI=1S/C32H33ClN2O5/c1-19-9-6-14-25(33)28(19)31(36)34-26(32(37)38)17-20-10-7-12-23-22(20)11-8-13-24(23)29-27(39-4)16-15-21(18-35(2)3)30(29)40-5/h6-16,26H,17-18H2,1-5H3,(H,34,36)(H,37,38)/t26-/m0/s1. The molecule has 0 radical (unpaired) electrons. The van der Waals surface area contributed by atoms with Crippen molar-refractivity contribution in [2.75, 3.05) is 28.3 Å². The van der Waals surface area contributed by atoms with Crippen molar-refractivity contribution in [2.24, 2.45) is 0 Å². The molecular formula is C32H33ClN2O5. The first kappa shape index (κ1) is 28.9. The van der Waals surface area contributed by atoms with E-state index in [-0.39, 0.29) is 17.0 Å². The fourth-order valence-corrected chi connectivity index (χ4v) is 5.38. The minimum Gasteiger partial charge on any atom is -0.496 e. The smallest absolute Gasteiger partial charge is 0.326 e. The Hall–Kier alpha value is -4.07. The number of aliphatic carboxylic acids is 1. The first-order valence-corrected chi connectivity index (χ1v) is 13.2. The predicted octanol–water partition coefficient (Wildman–Crippen LogP) is 5.97. The number of amides is 1. The van der Waals surface area contributed by atoms with E-state index in [0.29, 0.717) is 17.9 Å². The summed E-state index contributed by atoms with van der Waals surface area (Å²) in [7, 11) is 7.27. The van der Waals surface area contributed by atoms with Crippen LogP contribution in [0.15, 0.2) is 66.7 Å². The molecule has 208 valence electrons. The van der Waals surface area contributed by atoms with Crippen molar-refractivity contribution in [3.05, 3.63) is 94.0 Å². The second-order valence-corrected chi connectivity index (χ2v) is 10.3. The van der Waals surface area contributed by atoms with Crippen LogP contribution in [0, 0.1) is 6.92 Å². The number of benzene rings is 4. The van der Waals surface area contributed by atoms with Gasteiger partial charge in [-0.2, -0.15) is 0 Å². The van der Waals surface area contributed by atoms with Crippen molar-refractivity contribution in [3.63, 3.8) is 0 Å². The highest BCUT2D eigenvalue weighted by atomic mass is 35.5. The molecule has 0 fully saturated rings. The number of aryl methyl sites for hydroxylation is 1. The normalized spacial score (nSPS) is 11.9. The van der Waals surface area contributed by atoms with Crippen LogP contribution in [-0.4, -0.2) is 56.2 Å². The van der Waals surface area contributed by atoms with Gasteiger partial charge in [0, 0.05) is 18.5 Å². The highest BCUT2D eigenvalue weighted by Gasteiger charge is 2.25. The molecule has 0 aliphatic heterocycles. The molecule has 0 aliphatic carbocycles. The number of carboxylic acid groups (broad SMARTS) is 1. The van der Waals surface area contributed by atoms with Gasteiger partial charge in [-0.15, -0.1) is 0 Å². The number of ether oxygens (including phenoxy) is 2. The molecule has 2 N–H and O–H groups in total. The lowest BCUT2D eigenvalue weighted by Crippen LogP contribution is -2.42. The second kappa shape index (κ2) is 12.4. The Bertz CT molecular complexity index is 1550. The van der Waals surface area contributed by atoms with E-state index in [0.717, 1.165) is 38.8 Å². The van der Waals surface area contributed by atoms with Crippen LogP contribution in [0.4, 0.5) is 0 Å². The molecule has 7 nitrogen and oxygen atoms in total. The van der Waals surface area contributed by atoms with Crippen molar-refractivity contribution in [3.8, 4) is 22.6 Å². The molecule has 0 unspecified atom stereocenters. The number of methoxy groups -OCH3 is 2. The Balaban J connectivity index is 1.78. The summed E-state index contributed by atoms with van der Waals surface area (Å²) >= 11 is 6.26. The summed E-state index contributed by atoms with van der Waals surface area (Å²) in [6, 6.07) is 19.5. The first-order chi connectivity index (χ1) is 19.2. The van der Waals surface area contributed by atoms with E-state index in [4.69, 9.17) is 21.1 Å². The lowest BCUT2D eigenvalue weighted by Gasteiger charge is -2.21. The molecule has 0 aromatic heterocycles. The van der Waals surface area contributed by atoms with Gasteiger partial charge in [0.1, 0.15) is 17.5 Å². The van der Waals surface area contributed by atoms with Crippen LogP contribution < -0.4 is 14.8 Å². The number of fused-ring (bicyclic) bond motifs is 1. The quantitative estimate of drug-likeness (QED) is 0.248. The monoisotopic (exact) mass is 560 g/mol. The van der Waals surface area contributed by atoms with E-state index >= 15 is 0 Å². The van der Waals surface area contributed by atoms with E-state index in [2.05, 4.69) is 10.2 Å². The van der Waals surface area contributed by atoms with Gasteiger partial charge in [0.25, 0.3) is 5.91 Å². The van der Waals surface area contributed by atoms with E-state index in [9.17, 15) is 14.7 Å². The Labute approximate surface area is 239 Å². The Morgan fingerprint density at radius 1 is 0.925 bits per heavy atom. The van der Waals surface area contributed by atoms with Gasteiger partial charge < -0.3 is 24.8 Å². The van der Waals surface area contributed by atoms with Gasteiger partial charge in [-0.1, -0.05) is 66.2 Å². The fraction of sp³-hybridized carbons (Fsp3) is 0.250. The van der Waals surface area contributed by atoms with Crippen molar-refractivity contribution >= 4 is 34.2 Å². The van der Waals surface area contributed by atoms with Gasteiger partial charge in [-0.05, 0) is 60.6 Å². The molecule has 1 atom stereocenters. The van der Waals surface area contributed by atoms with Crippen LogP contribution in [0.3, 0.4) is 0 Å². The molecule has 0 bridgehead atoms. The maximum Gasteiger partial charge on any atom is 0.326 e. The predicted molar refractivity (Wildman–Crippen MR) is 159 cm³/mol. The second-order valence-electron chi connectivity index (χ2n) is 9.89. The van der Waals surface area contributed by atoms with Gasteiger partial charge in [0.05, 0.1) is 30.4 Å². The highest BCUT2D eigenvalue weighted by molar-refractivity contribution is 6.34. The molecule has 0 spiro atoms. The summed E-state index contributed by atoms with van der Waals surface area (Å²) in [5.74, 6) is -0.269. The maximum absolute atomic E-state index is 13.1. The number of halogens is 1. The fourth-order valence-electron chi connectivity index (χ4n) is 5.07. The largest absolute Gasteiger partial charge is 0.496 e. The maximum atomic E-state index is 13.1. The Kier molecular flexibility index (Phi) is 8.97. The average molecular weight is 561 g/mol. The van der Waals surface area contributed by atoms with Crippen LogP contribution in [0.5, 0.6) is 11.5 Å². The number of nitrogens with one attached hydrogen (secondary N) is 1. The van der Waals surface area contributed by atoms with Gasteiger partial charge in [0.15, 0.2) is 0 Å². The summed E-state index contributed by atoms with van der Waals surface area (Å²) in [4.78, 5) is 27.4. The van der Waals surface area contributed by atoms with Crippen LogP contribution in [-0.2, 0) is 17.8 Å². The summed E-state index contributed by atoms with van der Waals surface area (Å²) < 4.78 is 11.7. The molecule has 4 rings (SSSR count). The zero-order valence-electron chi connectivity index (χ0n) is 23.2. The van der Waals surface area contributed by atoms with Crippen molar-refractivity contribution < 1.29 is 24.2 Å².